The summed E-state index contributed by atoms with van der Waals surface area (Å²) >= 11 is 0. The molecule has 1 aromatic rings. The maximum atomic E-state index is 12.3. The van der Waals surface area contributed by atoms with Gasteiger partial charge in [0.25, 0.3) is 0 Å². The number of benzene rings is 1. The Morgan fingerprint density at radius 2 is 1.13 bits per heavy atom. The number of ether oxygens (including phenoxy) is 5. The molecule has 0 unspecified atom stereocenters. The highest BCUT2D eigenvalue weighted by molar-refractivity contribution is 5.69. The molecule has 0 aromatic heterocycles. The lowest BCUT2D eigenvalue weighted by molar-refractivity contribution is -0.147. The Balaban J connectivity index is 1.42. The van der Waals surface area contributed by atoms with E-state index < -0.39 is 0 Å². The standard InChI is InChI=1S/C37H60O8/c1-36(2,20-12-18-34(39)44-24-22-42-28-14-8-6-9-15-28)30-27-33(41-5)31(26-32(30)38)37(3,4)21-13-19-35(40)45-25-23-43-29-16-10-7-11-17-29/h26-29,38H,6-25H2,1-5H3. The van der Waals surface area contributed by atoms with Crippen molar-refractivity contribution in [3.63, 3.8) is 0 Å². The SMILES string of the molecule is COc1cc(C(C)(C)CCCC(=O)OCCOC2CCCCC2)c(O)cc1C(C)(C)CCCC(=O)OCCOC1CCCCC1. The van der Waals surface area contributed by atoms with Gasteiger partial charge in [-0.05, 0) is 74.3 Å². The van der Waals surface area contributed by atoms with Gasteiger partial charge < -0.3 is 28.8 Å². The molecular formula is C37H60O8. The van der Waals surface area contributed by atoms with Crippen molar-refractivity contribution >= 4 is 11.9 Å². The van der Waals surface area contributed by atoms with E-state index in [0.29, 0.717) is 76.5 Å². The molecule has 2 aliphatic rings. The van der Waals surface area contributed by atoms with Crippen molar-refractivity contribution < 1.29 is 38.4 Å². The number of phenols is 1. The summed E-state index contributed by atoms with van der Waals surface area (Å²) in [5.41, 5.74) is 0.970. The minimum Gasteiger partial charge on any atom is -0.508 e. The molecule has 45 heavy (non-hydrogen) atoms. The maximum Gasteiger partial charge on any atom is 0.305 e. The molecule has 8 nitrogen and oxygen atoms in total. The van der Waals surface area contributed by atoms with Crippen LogP contribution in [-0.2, 0) is 39.4 Å². The zero-order chi connectivity index (χ0) is 32.7. The minimum atomic E-state index is -0.380. The molecule has 2 fully saturated rings. The number of hydrogen-bond donors (Lipinski definition) is 1. The van der Waals surface area contributed by atoms with Crippen molar-refractivity contribution in [2.24, 2.45) is 0 Å². The van der Waals surface area contributed by atoms with E-state index in [2.05, 4.69) is 27.7 Å². The predicted octanol–water partition coefficient (Wildman–Crippen LogP) is 8.08. The molecule has 0 heterocycles. The van der Waals surface area contributed by atoms with Crippen LogP contribution < -0.4 is 4.74 Å². The van der Waals surface area contributed by atoms with E-state index in [4.69, 9.17) is 23.7 Å². The number of methoxy groups -OCH3 is 1. The lowest BCUT2D eigenvalue weighted by atomic mass is 9.75. The summed E-state index contributed by atoms with van der Waals surface area (Å²) in [5.74, 6) is 0.500. The zero-order valence-electron chi connectivity index (χ0n) is 28.8. The lowest BCUT2D eigenvalue weighted by Crippen LogP contribution is -2.22. The summed E-state index contributed by atoms with van der Waals surface area (Å²) in [6, 6.07) is 3.73. The molecule has 8 heteroatoms. The lowest BCUT2D eigenvalue weighted by Gasteiger charge is -2.31. The zero-order valence-corrected chi connectivity index (χ0v) is 28.8. The van der Waals surface area contributed by atoms with Gasteiger partial charge in [-0.15, -0.1) is 0 Å². The highest BCUT2D eigenvalue weighted by Gasteiger charge is 2.30. The monoisotopic (exact) mass is 632 g/mol. The van der Waals surface area contributed by atoms with Gasteiger partial charge in [-0.1, -0.05) is 66.2 Å². The summed E-state index contributed by atoms with van der Waals surface area (Å²) < 4.78 is 28.3. The van der Waals surface area contributed by atoms with Gasteiger partial charge in [0.15, 0.2) is 0 Å². The van der Waals surface area contributed by atoms with Crippen LogP contribution in [0.25, 0.3) is 0 Å². The Hall–Kier alpha value is -2.32. The topological polar surface area (TPSA) is 101 Å². The molecule has 0 saturated heterocycles. The number of rotatable bonds is 19. The second kappa shape index (κ2) is 18.7. The number of hydrogen-bond acceptors (Lipinski definition) is 8. The number of aromatic hydroxyl groups is 1. The molecule has 1 aromatic carbocycles. The first-order valence-corrected chi connectivity index (χ1v) is 17.5. The van der Waals surface area contributed by atoms with Crippen LogP contribution in [0.1, 0.15) is 142 Å². The molecule has 0 spiro atoms. The van der Waals surface area contributed by atoms with Crippen LogP contribution >= 0.6 is 0 Å². The summed E-state index contributed by atoms with van der Waals surface area (Å²) in [6.07, 6.45) is 15.9. The minimum absolute atomic E-state index is 0.207. The summed E-state index contributed by atoms with van der Waals surface area (Å²) in [7, 11) is 1.64. The van der Waals surface area contributed by atoms with E-state index in [1.165, 1.54) is 38.5 Å². The highest BCUT2D eigenvalue weighted by atomic mass is 16.6. The fourth-order valence-electron chi connectivity index (χ4n) is 6.78. The van der Waals surface area contributed by atoms with Crippen LogP contribution in [0.3, 0.4) is 0 Å². The van der Waals surface area contributed by atoms with Crippen molar-refractivity contribution in [1.29, 1.82) is 0 Å². The fraction of sp³-hybridized carbons (Fsp3) is 0.784. The van der Waals surface area contributed by atoms with Gasteiger partial charge in [0.1, 0.15) is 24.7 Å². The maximum absolute atomic E-state index is 12.3. The van der Waals surface area contributed by atoms with E-state index in [9.17, 15) is 14.7 Å². The number of phenolic OH excluding ortho intramolecular Hbond substituents is 1. The largest absolute Gasteiger partial charge is 0.508 e. The van der Waals surface area contributed by atoms with E-state index >= 15 is 0 Å². The first-order valence-electron chi connectivity index (χ1n) is 17.5. The second-order valence-corrected chi connectivity index (χ2v) is 14.2. The van der Waals surface area contributed by atoms with Crippen LogP contribution in [-0.4, -0.2) is 62.8 Å². The van der Waals surface area contributed by atoms with Crippen molar-refractivity contribution in [3.8, 4) is 11.5 Å². The molecule has 1 N–H and O–H groups in total. The van der Waals surface area contributed by atoms with Gasteiger partial charge in [0.05, 0.1) is 32.5 Å². The van der Waals surface area contributed by atoms with Crippen LogP contribution in [0.4, 0.5) is 0 Å². The molecule has 0 radical (unpaired) electrons. The predicted molar refractivity (Wildman–Crippen MR) is 176 cm³/mol. The third-order valence-electron chi connectivity index (χ3n) is 9.65. The molecule has 3 rings (SSSR count). The fourth-order valence-corrected chi connectivity index (χ4v) is 6.78. The number of esters is 2. The third-order valence-corrected chi connectivity index (χ3v) is 9.65. The molecule has 0 amide bonds. The van der Waals surface area contributed by atoms with Crippen molar-refractivity contribution in [2.75, 3.05) is 33.5 Å². The normalized spacial score (nSPS) is 16.8. The number of carbonyl (C=O) groups excluding carboxylic acids is 2. The molecule has 0 bridgehead atoms. The van der Waals surface area contributed by atoms with Crippen LogP contribution in [0.2, 0.25) is 0 Å². The summed E-state index contributed by atoms with van der Waals surface area (Å²) in [5, 5.41) is 11.2. The quantitative estimate of drug-likeness (QED) is 0.121. The summed E-state index contributed by atoms with van der Waals surface area (Å²) in [6.45, 7) is 9.86. The first kappa shape index (κ1) is 37.1. The van der Waals surface area contributed by atoms with Gasteiger partial charge >= 0.3 is 11.9 Å². The molecule has 2 aliphatic carbocycles. The van der Waals surface area contributed by atoms with E-state index in [-0.39, 0.29) is 28.5 Å². The number of carbonyl (C=O) groups is 2. The van der Waals surface area contributed by atoms with E-state index in [0.717, 1.165) is 43.2 Å². The van der Waals surface area contributed by atoms with Crippen LogP contribution in [0.15, 0.2) is 12.1 Å². The molecule has 0 aliphatic heterocycles. The Kier molecular flexibility index (Phi) is 15.5. The van der Waals surface area contributed by atoms with E-state index in [1.807, 2.05) is 6.07 Å². The Bertz CT molecular complexity index is 1040. The third kappa shape index (κ3) is 12.8. The van der Waals surface area contributed by atoms with Crippen LogP contribution in [0.5, 0.6) is 11.5 Å². The molecule has 0 atom stereocenters. The van der Waals surface area contributed by atoms with Crippen molar-refractivity contribution in [1.82, 2.24) is 0 Å². The van der Waals surface area contributed by atoms with Gasteiger partial charge in [0, 0.05) is 24.0 Å². The second-order valence-electron chi connectivity index (χ2n) is 14.2. The van der Waals surface area contributed by atoms with E-state index in [1.54, 1.807) is 13.2 Å². The average molecular weight is 633 g/mol. The van der Waals surface area contributed by atoms with Gasteiger partial charge in [-0.2, -0.15) is 0 Å². The van der Waals surface area contributed by atoms with Crippen LogP contribution in [0, 0.1) is 0 Å². The van der Waals surface area contributed by atoms with Gasteiger partial charge in [-0.3, -0.25) is 9.59 Å². The van der Waals surface area contributed by atoms with Gasteiger partial charge in [0.2, 0.25) is 0 Å². The van der Waals surface area contributed by atoms with Gasteiger partial charge in [-0.25, -0.2) is 0 Å². The highest BCUT2D eigenvalue weighted by Crippen LogP contribution is 2.44. The molecular weight excluding hydrogens is 572 g/mol. The average Bonchev–Trinajstić information content (AvgIpc) is 3.02. The van der Waals surface area contributed by atoms with Crippen molar-refractivity contribution in [3.05, 3.63) is 23.3 Å². The van der Waals surface area contributed by atoms with Crippen molar-refractivity contribution in [2.45, 2.75) is 153 Å². The Morgan fingerprint density at radius 3 is 1.58 bits per heavy atom. The summed E-state index contributed by atoms with van der Waals surface area (Å²) in [4.78, 5) is 24.6. The Labute approximate surface area is 271 Å². The smallest absolute Gasteiger partial charge is 0.305 e. The first-order chi connectivity index (χ1) is 21.5. The Morgan fingerprint density at radius 1 is 0.689 bits per heavy atom. The molecule has 256 valence electrons. The molecule has 2 saturated carbocycles.